The molecule has 17 nitrogen and oxygen atoms in total. The van der Waals surface area contributed by atoms with Gasteiger partial charge in [-0.2, -0.15) is 0 Å². The molecule has 0 saturated carbocycles. The highest BCUT2D eigenvalue weighted by Gasteiger charge is 2.40. The predicted molar refractivity (Wildman–Crippen MR) is 135 cm³/mol. The largest absolute Gasteiger partial charge is 0.756 e. The number of phosphoric acid groups is 3. The van der Waals surface area contributed by atoms with Crippen LogP contribution in [0.15, 0.2) is 12.5 Å². The van der Waals surface area contributed by atoms with Crippen molar-refractivity contribution in [1.29, 1.82) is 0 Å². The molecule has 2 aromatic rings. The summed E-state index contributed by atoms with van der Waals surface area (Å²) in [5.41, 5.74) is 12.0. The zero-order valence-electron chi connectivity index (χ0n) is 20.2. The third-order valence-electron chi connectivity index (χ3n) is 4.85. The molecule has 3 rings (SSSR count). The number of nitrogens with zero attached hydrogens (tertiary/aromatic N) is 3. The second kappa shape index (κ2) is 13.3. The Hall–Kier alpha value is -1.03. The molecule has 218 valence electrons. The number of anilines is 1. The average molecular weight is 646 g/mol. The van der Waals surface area contributed by atoms with Crippen LogP contribution in [0.25, 0.3) is 11.0 Å². The van der Waals surface area contributed by atoms with Crippen LogP contribution in [0.3, 0.4) is 0 Å². The lowest BCUT2D eigenvalue weighted by molar-refractivity contribution is -0.250. The van der Waals surface area contributed by atoms with Crippen LogP contribution < -0.4 is 26.1 Å². The SMILES string of the molecule is CSS[C@@H](C)OC1C[C@H](n2cc(C#CCN)c3c(N)ncnc32)O[C@@H]1COP(=O)([O-])OP(=O)([O-])OP(=O)([O-])O. The number of fused-ring (bicyclic) bond motifs is 1. The number of nitrogens with two attached hydrogens (primary N) is 2. The van der Waals surface area contributed by atoms with Gasteiger partial charge in [0.2, 0.25) is 0 Å². The highest BCUT2D eigenvalue weighted by molar-refractivity contribution is 8.76. The van der Waals surface area contributed by atoms with Gasteiger partial charge in [0.1, 0.15) is 35.6 Å². The molecule has 7 atom stereocenters. The average Bonchev–Trinajstić information content (AvgIpc) is 3.36. The molecular weight excluding hydrogens is 623 g/mol. The monoisotopic (exact) mass is 646 g/mol. The summed E-state index contributed by atoms with van der Waals surface area (Å²) >= 11 is 0. The lowest BCUT2D eigenvalue weighted by Gasteiger charge is -2.33. The fourth-order valence-electron chi connectivity index (χ4n) is 3.59. The lowest BCUT2D eigenvalue weighted by Crippen LogP contribution is -2.31. The maximum atomic E-state index is 12.1. The van der Waals surface area contributed by atoms with E-state index in [-0.39, 0.29) is 24.2 Å². The van der Waals surface area contributed by atoms with Crippen molar-refractivity contribution in [3.8, 4) is 11.8 Å². The summed E-state index contributed by atoms with van der Waals surface area (Å²) in [7, 11) is -14.8. The first-order chi connectivity index (χ1) is 18.1. The fourth-order valence-corrected chi connectivity index (χ4v) is 7.89. The van der Waals surface area contributed by atoms with Gasteiger partial charge in [0.25, 0.3) is 23.5 Å². The topological polar surface area (TPSA) is 270 Å². The van der Waals surface area contributed by atoms with Gasteiger partial charge >= 0.3 is 0 Å². The maximum absolute atomic E-state index is 12.1. The van der Waals surface area contributed by atoms with E-state index in [4.69, 9.17) is 25.8 Å². The van der Waals surface area contributed by atoms with Gasteiger partial charge in [-0.3, -0.25) is 13.7 Å². The number of hydrogen-bond donors (Lipinski definition) is 3. The highest BCUT2D eigenvalue weighted by atomic mass is 33.1. The van der Waals surface area contributed by atoms with Crippen molar-refractivity contribution < 1.29 is 55.9 Å². The van der Waals surface area contributed by atoms with E-state index in [0.29, 0.717) is 16.6 Å². The van der Waals surface area contributed by atoms with Crippen LogP contribution in [0, 0.1) is 11.8 Å². The molecule has 1 aliphatic heterocycles. The third kappa shape index (κ3) is 9.23. The van der Waals surface area contributed by atoms with Crippen LogP contribution in [0.5, 0.6) is 0 Å². The van der Waals surface area contributed by atoms with Crippen LogP contribution in [-0.2, 0) is 36.3 Å². The smallest absolute Gasteiger partial charge is 0.280 e. The van der Waals surface area contributed by atoms with E-state index < -0.39 is 48.5 Å². The summed E-state index contributed by atoms with van der Waals surface area (Å²) in [6.45, 7) is 1.06. The fraction of sp³-hybridized carbons (Fsp3) is 0.529. The van der Waals surface area contributed by atoms with E-state index in [1.54, 1.807) is 17.7 Å². The molecule has 1 saturated heterocycles. The second-order valence-corrected chi connectivity index (χ2v) is 14.7. The first kappa shape index (κ1) is 32.5. The van der Waals surface area contributed by atoms with Crippen molar-refractivity contribution in [3.05, 3.63) is 18.1 Å². The molecule has 4 unspecified atom stereocenters. The molecular formula is C17H23N5O12P3S2-3. The Kier molecular flexibility index (Phi) is 11.1. The molecule has 0 spiro atoms. The number of ether oxygens (including phenoxy) is 2. The molecule has 3 heterocycles. The molecule has 1 aliphatic rings. The summed E-state index contributed by atoms with van der Waals surface area (Å²) in [6.07, 6.45) is 2.22. The molecule has 1 fully saturated rings. The molecule has 5 N–H and O–H groups in total. The molecule has 2 aromatic heterocycles. The van der Waals surface area contributed by atoms with Crippen LogP contribution in [-0.4, -0.2) is 56.5 Å². The van der Waals surface area contributed by atoms with Crippen LogP contribution in [0.1, 0.15) is 25.1 Å². The molecule has 0 aromatic carbocycles. The van der Waals surface area contributed by atoms with Crippen molar-refractivity contribution >= 4 is 61.9 Å². The zero-order valence-corrected chi connectivity index (χ0v) is 24.5. The number of aromatic nitrogens is 3. The number of phosphoric ester groups is 1. The molecule has 0 bridgehead atoms. The van der Waals surface area contributed by atoms with Gasteiger partial charge in [-0.05, 0) is 13.2 Å². The quantitative estimate of drug-likeness (QED) is 0.117. The Labute approximate surface area is 230 Å². The Bertz CT molecular complexity index is 1380. The van der Waals surface area contributed by atoms with E-state index in [2.05, 4.69) is 35.0 Å². The Balaban J connectivity index is 1.85. The summed E-state index contributed by atoms with van der Waals surface area (Å²) in [6, 6.07) is 0. The van der Waals surface area contributed by atoms with Gasteiger partial charge in [-0.1, -0.05) is 33.4 Å². The minimum absolute atomic E-state index is 0.0871. The van der Waals surface area contributed by atoms with Gasteiger partial charge in [0, 0.05) is 12.6 Å². The maximum Gasteiger partial charge on any atom is 0.280 e. The summed E-state index contributed by atoms with van der Waals surface area (Å²) in [5, 5.41) is 0.453. The minimum atomic E-state index is -6.05. The van der Waals surface area contributed by atoms with Gasteiger partial charge in [-0.15, -0.1) is 0 Å². The molecule has 0 aliphatic carbocycles. The van der Waals surface area contributed by atoms with Crippen LogP contribution >= 0.6 is 45.1 Å². The van der Waals surface area contributed by atoms with Crippen molar-refractivity contribution in [2.75, 3.05) is 25.1 Å². The molecule has 0 radical (unpaired) electrons. The van der Waals surface area contributed by atoms with Crippen molar-refractivity contribution in [2.45, 2.75) is 37.2 Å². The van der Waals surface area contributed by atoms with Crippen molar-refractivity contribution in [1.82, 2.24) is 14.5 Å². The van der Waals surface area contributed by atoms with E-state index >= 15 is 0 Å². The van der Waals surface area contributed by atoms with Gasteiger partial charge in [-0.25, -0.2) is 18.6 Å². The predicted octanol–water partition coefficient (Wildman–Crippen LogP) is -0.199. The van der Waals surface area contributed by atoms with E-state index in [9.17, 15) is 28.4 Å². The summed E-state index contributed by atoms with van der Waals surface area (Å²) in [4.78, 5) is 51.0. The van der Waals surface area contributed by atoms with Crippen molar-refractivity contribution in [3.63, 3.8) is 0 Å². The van der Waals surface area contributed by atoms with Crippen LogP contribution in [0.2, 0.25) is 0 Å². The van der Waals surface area contributed by atoms with Gasteiger partial charge in [0.15, 0.2) is 0 Å². The highest BCUT2D eigenvalue weighted by Crippen LogP contribution is 2.61. The molecule has 0 amide bonds. The molecule has 22 heteroatoms. The van der Waals surface area contributed by atoms with E-state index in [0.717, 1.165) is 0 Å². The van der Waals surface area contributed by atoms with Crippen molar-refractivity contribution in [2.24, 2.45) is 5.73 Å². The van der Waals surface area contributed by atoms with Gasteiger partial charge in [0.05, 0.1) is 30.2 Å². The number of hydrogen-bond acceptors (Lipinski definition) is 17. The second-order valence-electron chi connectivity index (χ2n) is 7.61. The summed E-state index contributed by atoms with van der Waals surface area (Å²) < 4.78 is 59.4. The Morgan fingerprint density at radius 3 is 2.64 bits per heavy atom. The summed E-state index contributed by atoms with van der Waals surface area (Å²) in [5.74, 6) is 5.78. The third-order valence-corrected chi connectivity index (χ3v) is 10.5. The van der Waals surface area contributed by atoms with Gasteiger partial charge < -0.3 is 49.6 Å². The standard InChI is InChI=1S/C17H26N5O12P3S2/c1-10(39-38-2)31-12-6-14(22-7-11(4-3-5-18)15-16(19)20-9-21-17(15)22)32-13(12)8-30-36(26,27)34-37(28,29)33-35(23,24)25/h7,9-10,12-14H,5-6,8,18H2,1-2H3,(H,26,27)(H,28,29)(H2,19,20,21)(H2,23,24,25)/p-3/t10-,12?,13+,14+/m0/s1. The zero-order chi connectivity index (χ0) is 29.0. The number of rotatable bonds is 12. The molecule has 39 heavy (non-hydrogen) atoms. The minimum Gasteiger partial charge on any atom is -0.756 e. The van der Waals surface area contributed by atoms with E-state index in [1.807, 2.05) is 6.26 Å². The Morgan fingerprint density at radius 2 is 2.00 bits per heavy atom. The van der Waals surface area contributed by atoms with E-state index in [1.165, 1.54) is 27.9 Å². The first-order valence-electron chi connectivity index (χ1n) is 10.7. The van der Waals surface area contributed by atoms with Crippen LogP contribution in [0.4, 0.5) is 5.82 Å². The lowest BCUT2D eigenvalue weighted by atomic mass is 10.2. The first-order valence-corrected chi connectivity index (χ1v) is 17.7. The normalized spacial score (nSPS) is 24.8. The Morgan fingerprint density at radius 1 is 1.28 bits per heavy atom. The number of nitrogen functional groups attached to an aromatic ring is 1.